The molecule has 0 amide bonds. The summed E-state index contributed by atoms with van der Waals surface area (Å²) in [4.78, 5) is 10.7. The lowest BCUT2D eigenvalue weighted by Crippen LogP contribution is -2.11. The average Bonchev–Trinajstić information content (AvgIpc) is 2.46. The second-order valence-corrected chi connectivity index (χ2v) is 3.13. The molecule has 1 atom stereocenters. The maximum Gasteiger partial charge on any atom is 0.339 e. The van der Waals surface area contributed by atoms with Gasteiger partial charge in [0, 0.05) is 11.6 Å². The minimum atomic E-state index is -1.18. The molecule has 1 heterocycles. The van der Waals surface area contributed by atoms with Crippen LogP contribution in [-0.2, 0) is 0 Å². The Kier molecular flexibility index (Phi) is 1.82. The van der Waals surface area contributed by atoms with Crippen LogP contribution >= 0.6 is 0 Å². The summed E-state index contributed by atoms with van der Waals surface area (Å²) in [5.74, 6) is -1.02. The standard InChI is InChI=1S/C9H9NO4/c10-6-3-14-8-2-7(11)5(9(12)13)1-4(6)8/h1-2,6,11H,3,10H2,(H,12,13)/t6-/m0/s1. The molecule has 1 aromatic carbocycles. The van der Waals surface area contributed by atoms with E-state index in [1.807, 2.05) is 0 Å². The first-order chi connectivity index (χ1) is 6.59. The van der Waals surface area contributed by atoms with Gasteiger partial charge in [-0.3, -0.25) is 0 Å². The molecule has 0 aromatic heterocycles. The Morgan fingerprint density at radius 1 is 1.57 bits per heavy atom. The van der Waals surface area contributed by atoms with Gasteiger partial charge in [0.15, 0.2) is 0 Å². The number of ether oxygens (including phenoxy) is 1. The Labute approximate surface area is 79.7 Å². The van der Waals surface area contributed by atoms with Crippen LogP contribution in [0.2, 0.25) is 0 Å². The van der Waals surface area contributed by atoms with Gasteiger partial charge in [-0.1, -0.05) is 0 Å². The van der Waals surface area contributed by atoms with Crippen LogP contribution in [0.1, 0.15) is 22.0 Å². The van der Waals surface area contributed by atoms with Crippen molar-refractivity contribution >= 4 is 5.97 Å². The fraction of sp³-hybridized carbons (Fsp3) is 0.222. The molecule has 1 aliphatic rings. The molecule has 74 valence electrons. The molecule has 5 heteroatoms. The lowest BCUT2D eigenvalue weighted by atomic mass is 10.0. The summed E-state index contributed by atoms with van der Waals surface area (Å²) >= 11 is 0. The van der Waals surface area contributed by atoms with Crippen molar-refractivity contribution in [2.75, 3.05) is 6.61 Å². The largest absolute Gasteiger partial charge is 0.507 e. The molecule has 0 unspecified atom stereocenters. The second-order valence-electron chi connectivity index (χ2n) is 3.13. The lowest BCUT2D eigenvalue weighted by Gasteiger charge is -2.04. The molecule has 14 heavy (non-hydrogen) atoms. The van der Waals surface area contributed by atoms with E-state index in [0.717, 1.165) is 0 Å². The van der Waals surface area contributed by atoms with Crippen LogP contribution in [0, 0.1) is 0 Å². The highest BCUT2D eigenvalue weighted by Gasteiger charge is 2.24. The van der Waals surface area contributed by atoms with Crippen molar-refractivity contribution < 1.29 is 19.7 Å². The molecule has 5 nitrogen and oxygen atoms in total. The number of carboxylic acids is 1. The van der Waals surface area contributed by atoms with Gasteiger partial charge in [-0.15, -0.1) is 0 Å². The molecule has 2 rings (SSSR count). The first-order valence-electron chi connectivity index (χ1n) is 4.08. The number of aromatic hydroxyl groups is 1. The number of aromatic carboxylic acids is 1. The number of hydrogen-bond acceptors (Lipinski definition) is 4. The number of hydrogen-bond donors (Lipinski definition) is 3. The number of carbonyl (C=O) groups is 1. The minimum Gasteiger partial charge on any atom is -0.507 e. The van der Waals surface area contributed by atoms with Crippen LogP contribution in [0.15, 0.2) is 12.1 Å². The van der Waals surface area contributed by atoms with Crippen molar-refractivity contribution in [2.24, 2.45) is 5.73 Å². The van der Waals surface area contributed by atoms with Gasteiger partial charge < -0.3 is 20.7 Å². The number of phenols is 1. The van der Waals surface area contributed by atoms with Gasteiger partial charge in [0.2, 0.25) is 0 Å². The zero-order valence-electron chi connectivity index (χ0n) is 7.23. The number of rotatable bonds is 1. The third-order valence-corrected chi connectivity index (χ3v) is 2.18. The summed E-state index contributed by atoms with van der Waals surface area (Å²) in [6, 6.07) is 2.32. The number of carboxylic acid groups (broad SMARTS) is 1. The summed E-state index contributed by atoms with van der Waals surface area (Å²) in [7, 11) is 0. The Balaban J connectivity index is 2.57. The topological polar surface area (TPSA) is 92.8 Å². The van der Waals surface area contributed by atoms with Crippen LogP contribution in [0.25, 0.3) is 0 Å². The van der Waals surface area contributed by atoms with E-state index >= 15 is 0 Å². The van der Waals surface area contributed by atoms with Crippen molar-refractivity contribution in [3.63, 3.8) is 0 Å². The first kappa shape index (κ1) is 8.83. The van der Waals surface area contributed by atoms with Crippen LogP contribution < -0.4 is 10.5 Å². The molecule has 0 radical (unpaired) electrons. The Morgan fingerprint density at radius 3 is 2.93 bits per heavy atom. The maximum absolute atomic E-state index is 10.7. The number of fused-ring (bicyclic) bond motifs is 1. The third kappa shape index (κ3) is 1.18. The van der Waals surface area contributed by atoms with E-state index < -0.39 is 5.97 Å². The van der Waals surface area contributed by atoms with Crippen molar-refractivity contribution in [3.8, 4) is 11.5 Å². The summed E-state index contributed by atoms with van der Waals surface area (Å²) in [6.45, 7) is 0.317. The molecule has 4 N–H and O–H groups in total. The van der Waals surface area contributed by atoms with Gasteiger partial charge in [-0.25, -0.2) is 4.79 Å². The number of benzene rings is 1. The molecular weight excluding hydrogens is 186 g/mol. The highest BCUT2D eigenvalue weighted by molar-refractivity contribution is 5.91. The second kappa shape index (κ2) is 2.88. The Hall–Kier alpha value is -1.75. The van der Waals surface area contributed by atoms with Crippen LogP contribution in [0.5, 0.6) is 11.5 Å². The van der Waals surface area contributed by atoms with Gasteiger partial charge in [0.05, 0.1) is 6.04 Å². The molecule has 0 aliphatic carbocycles. The van der Waals surface area contributed by atoms with E-state index in [-0.39, 0.29) is 17.4 Å². The minimum absolute atomic E-state index is 0.148. The maximum atomic E-state index is 10.7. The zero-order valence-corrected chi connectivity index (χ0v) is 7.23. The zero-order chi connectivity index (χ0) is 10.3. The normalized spacial score (nSPS) is 18.8. The Morgan fingerprint density at radius 2 is 2.29 bits per heavy atom. The molecule has 0 bridgehead atoms. The van der Waals surface area contributed by atoms with E-state index in [4.69, 9.17) is 15.6 Å². The molecule has 0 saturated heterocycles. The van der Waals surface area contributed by atoms with Gasteiger partial charge in [0.1, 0.15) is 23.7 Å². The van der Waals surface area contributed by atoms with Crippen LogP contribution in [0.4, 0.5) is 0 Å². The van der Waals surface area contributed by atoms with Crippen LogP contribution in [-0.4, -0.2) is 22.8 Å². The van der Waals surface area contributed by atoms with E-state index in [1.165, 1.54) is 12.1 Å². The molecule has 1 aromatic rings. The molecule has 0 fully saturated rings. The van der Waals surface area contributed by atoms with Crippen molar-refractivity contribution in [3.05, 3.63) is 23.3 Å². The van der Waals surface area contributed by atoms with E-state index in [0.29, 0.717) is 17.9 Å². The fourth-order valence-corrected chi connectivity index (χ4v) is 1.44. The fourth-order valence-electron chi connectivity index (χ4n) is 1.44. The molecular formula is C9H9NO4. The highest BCUT2D eigenvalue weighted by atomic mass is 16.5. The lowest BCUT2D eigenvalue weighted by molar-refractivity contribution is 0.0693. The van der Waals surface area contributed by atoms with Crippen LogP contribution in [0.3, 0.4) is 0 Å². The number of nitrogens with two attached hydrogens (primary N) is 1. The summed E-state index contributed by atoms with van der Waals surface area (Å²) < 4.78 is 5.15. The van der Waals surface area contributed by atoms with Gasteiger partial charge >= 0.3 is 5.97 Å². The average molecular weight is 195 g/mol. The monoisotopic (exact) mass is 195 g/mol. The quantitative estimate of drug-likeness (QED) is 0.606. The summed E-state index contributed by atoms with van der Waals surface area (Å²) in [6.07, 6.45) is 0. The first-order valence-corrected chi connectivity index (χ1v) is 4.08. The predicted molar refractivity (Wildman–Crippen MR) is 47.5 cm³/mol. The van der Waals surface area contributed by atoms with Crippen molar-refractivity contribution in [1.82, 2.24) is 0 Å². The summed E-state index contributed by atoms with van der Waals surface area (Å²) in [5, 5.41) is 18.1. The van der Waals surface area contributed by atoms with E-state index in [2.05, 4.69) is 0 Å². The van der Waals surface area contributed by atoms with Crippen molar-refractivity contribution in [1.29, 1.82) is 0 Å². The molecule has 0 saturated carbocycles. The molecule has 0 spiro atoms. The SMILES string of the molecule is N[C@H]1COc2cc(O)c(C(=O)O)cc21. The smallest absolute Gasteiger partial charge is 0.339 e. The Bertz CT molecular complexity index is 402. The van der Waals surface area contributed by atoms with E-state index in [1.54, 1.807) is 0 Å². The highest BCUT2D eigenvalue weighted by Crippen LogP contribution is 2.36. The van der Waals surface area contributed by atoms with Gasteiger partial charge in [-0.2, -0.15) is 0 Å². The van der Waals surface area contributed by atoms with E-state index in [9.17, 15) is 9.90 Å². The van der Waals surface area contributed by atoms with Crippen molar-refractivity contribution in [2.45, 2.75) is 6.04 Å². The predicted octanol–water partition coefficient (Wildman–Crippen LogP) is 0.483. The molecule has 1 aliphatic heterocycles. The third-order valence-electron chi connectivity index (χ3n) is 2.18. The van der Waals surface area contributed by atoms with Gasteiger partial charge in [-0.05, 0) is 6.07 Å². The summed E-state index contributed by atoms with van der Waals surface area (Å²) in [5.41, 5.74) is 6.14. The van der Waals surface area contributed by atoms with Gasteiger partial charge in [0.25, 0.3) is 0 Å².